The first-order valence-electron chi connectivity index (χ1n) is 4.31. The van der Waals surface area contributed by atoms with Crippen molar-refractivity contribution in [1.29, 1.82) is 0 Å². The molecule has 1 rings (SSSR count). The fraction of sp³-hybridized carbons (Fsp3) is 0.500. The molecule has 0 unspecified atom stereocenters. The first kappa shape index (κ1) is 12.0. The van der Waals surface area contributed by atoms with Gasteiger partial charge in [0, 0.05) is 6.42 Å². The van der Waals surface area contributed by atoms with Crippen molar-refractivity contribution in [3.8, 4) is 0 Å². The molecule has 1 amide bonds. The van der Waals surface area contributed by atoms with Crippen LogP contribution in [-0.4, -0.2) is 56.6 Å². The highest BCUT2D eigenvalue weighted by Gasteiger charge is 2.46. The molecule has 0 spiro atoms. The van der Waals surface area contributed by atoms with Crippen molar-refractivity contribution >= 4 is 23.8 Å². The van der Waals surface area contributed by atoms with Gasteiger partial charge in [-0.1, -0.05) is 0 Å². The van der Waals surface area contributed by atoms with Crippen LogP contribution in [0.25, 0.3) is 0 Å². The number of rotatable bonds is 2. The van der Waals surface area contributed by atoms with Gasteiger partial charge in [0.1, 0.15) is 6.04 Å². The zero-order valence-corrected chi connectivity index (χ0v) is 7.99. The van der Waals surface area contributed by atoms with E-state index in [4.69, 9.17) is 15.3 Å². The predicted molar refractivity (Wildman–Crippen MR) is 46.9 cm³/mol. The molecule has 2 atom stereocenters. The Hall–Kier alpha value is -2.12. The number of Topliss-reactive ketones (excluding diaryl/α,β-unsaturated/α-hetero) is 1. The van der Waals surface area contributed by atoms with E-state index < -0.39 is 48.7 Å². The van der Waals surface area contributed by atoms with Gasteiger partial charge in [0.2, 0.25) is 0 Å². The Bertz CT molecular complexity index is 335. The van der Waals surface area contributed by atoms with Gasteiger partial charge in [0.25, 0.3) is 0 Å². The van der Waals surface area contributed by atoms with E-state index in [1.54, 1.807) is 0 Å². The summed E-state index contributed by atoms with van der Waals surface area (Å²) >= 11 is 0. The SMILES string of the molecule is O=C1C[C@H](C(=O)O)[C@@H](C(=O)O)N(C(=O)O)C1. The van der Waals surface area contributed by atoms with Crippen molar-refractivity contribution in [3.05, 3.63) is 0 Å². The van der Waals surface area contributed by atoms with Crippen LogP contribution in [0.5, 0.6) is 0 Å². The molecule has 0 aromatic rings. The summed E-state index contributed by atoms with van der Waals surface area (Å²) in [6.07, 6.45) is -2.08. The van der Waals surface area contributed by atoms with E-state index in [-0.39, 0.29) is 0 Å². The van der Waals surface area contributed by atoms with Crippen molar-refractivity contribution in [2.45, 2.75) is 12.5 Å². The Labute approximate surface area is 89.1 Å². The van der Waals surface area contributed by atoms with Gasteiger partial charge >= 0.3 is 18.0 Å². The van der Waals surface area contributed by atoms with Crippen molar-refractivity contribution in [3.63, 3.8) is 0 Å². The summed E-state index contributed by atoms with van der Waals surface area (Å²) < 4.78 is 0. The summed E-state index contributed by atoms with van der Waals surface area (Å²) in [6, 6.07) is -1.72. The molecule has 0 aromatic heterocycles. The summed E-state index contributed by atoms with van der Waals surface area (Å²) in [7, 11) is 0. The number of piperidine rings is 1. The molecule has 88 valence electrons. The van der Waals surface area contributed by atoms with Gasteiger partial charge in [-0.3, -0.25) is 14.5 Å². The summed E-state index contributed by atoms with van der Waals surface area (Å²) in [5.41, 5.74) is 0. The highest BCUT2D eigenvalue weighted by atomic mass is 16.4. The second-order valence-electron chi connectivity index (χ2n) is 3.38. The number of ketones is 1. The molecule has 8 heteroatoms. The van der Waals surface area contributed by atoms with Gasteiger partial charge < -0.3 is 15.3 Å². The molecular weight excluding hydrogens is 222 g/mol. The molecule has 0 bridgehead atoms. The maximum atomic E-state index is 11.1. The van der Waals surface area contributed by atoms with Crippen molar-refractivity contribution in [2.75, 3.05) is 6.54 Å². The van der Waals surface area contributed by atoms with E-state index in [0.717, 1.165) is 0 Å². The number of hydrogen-bond donors (Lipinski definition) is 3. The van der Waals surface area contributed by atoms with Crippen LogP contribution in [0.2, 0.25) is 0 Å². The topological polar surface area (TPSA) is 132 Å². The number of hydrogen-bond acceptors (Lipinski definition) is 4. The molecule has 1 saturated heterocycles. The van der Waals surface area contributed by atoms with E-state index in [1.165, 1.54) is 0 Å². The zero-order valence-electron chi connectivity index (χ0n) is 7.99. The average Bonchev–Trinajstić information content (AvgIpc) is 2.15. The van der Waals surface area contributed by atoms with E-state index >= 15 is 0 Å². The Morgan fingerprint density at radius 3 is 2.06 bits per heavy atom. The Morgan fingerprint density at radius 1 is 1.12 bits per heavy atom. The maximum Gasteiger partial charge on any atom is 0.408 e. The quantitative estimate of drug-likeness (QED) is 0.560. The van der Waals surface area contributed by atoms with Crippen molar-refractivity contribution in [1.82, 2.24) is 4.90 Å². The number of carbonyl (C=O) groups is 4. The lowest BCUT2D eigenvalue weighted by Crippen LogP contribution is -2.57. The minimum atomic E-state index is -1.72. The van der Waals surface area contributed by atoms with Crippen LogP contribution in [-0.2, 0) is 14.4 Å². The van der Waals surface area contributed by atoms with Gasteiger partial charge in [-0.05, 0) is 0 Å². The van der Waals surface area contributed by atoms with Crippen LogP contribution in [0.1, 0.15) is 6.42 Å². The molecule has 0 aromatic carbocycles. The third-order valence-electron chi connectivity index (χ3n) is 2.33. The highest BCUT2D eigenvalue weighted by Crippen LogP contribution is 2.22. The second-order valence-corrected chi connectivity index (χ2v) is 3.38. The van der Waals surface area contributed by atoms with Gasteiger partial charge in [-0.2, -0.15) is 0 Å². The molecule has 16 heavy (non-hydrogen) atoms. The third kappa shape index (κ3) is 2.10. The van der Waals surface area contributed by atoms with Crippen molar-refractivity contribution in [2.24, 2.45) is 5.92 Å². The Kier molecular flexibility index (Phi) is 3.11. The molecule has 1 fully saturated rings. The minimum Gasteiger partial charge on any atom is -0.481 e. The van der Waals surface area contributed by atoms with Crippen LogP contribution >= 0.6 is 0 Å². The number of aliphatic carboxylic acids is 2. The van der Waals surface area contributed by atoms with Crippen LogP contribution in [0.15, 0.2) is 0 Å². The summed E-state index contributed by atoms with van der Waals surface area (Å²) in [5, 5.41) is 26.2. The number of carboxylic acids is 2. The van der Waals surface area contributed by atoms with Crippen LogP contribution in [0.3, 0.4) is 0 Å². The number of amides is 1. The van der Waals surface area contributed by atoms with E-state index in [0.29, 0.717) is 4.90 Å². The second kappa shape index (κ2) is 4.17. The largest absolute Gasteiger partial charge is 0.481 e. The number of carboxylic acid groups (broad SMARTS) is 3. The Balaban J connectivity index is 3.08. The summed E-state index contributed by atoms with van der Waals surface area (Å²) in [4.78, 5) is 43.7. The number of likely N-dealkylation sites (tertiary alicyclic amines) is 1. The van der Waals surface area contributed by atoms with Gasteiger partial charge in [0.05, 0.1) is 12.5 Å². The van der Waals surface area contributed by atoms with Gasteiger partial charge in [-0.15, -0.1) is 0 Å². The normalized spacial score (nSPS) is 25.2. The van der Waals surface area contributed by atoms with Gasteiger partial charge in [-0.25, -0.2) is 9.59 Å². The van der Waals surface area contributed by atoms with Crippen molar-refractivity contribution < 1.29 is 34.5 Å². The molecule has 1 aliphatic heterocycles. The molecular formula is C8H9NO7. The zero-order chi connectivity index (χ0) is 12.5. The number of nitrogens with zero attached hydrogens (tertiary/aromatic N) is 1. The van der Waals surface area contributed by atoms with E-state index in [2.05, 4.69) is 0 Å². The molecule has 3 N–H and O–H groups in total. The molecule has 0 saturated carbocycles. The molecule has 0 aliphatic carbocycles. The van der Waals surface area contributed by atoms with Gasteiger partial charge in [0.15, 0.2) is 5.78 Å². The average molecular weight is 231 g/mol. The van der Waals surface area contributed by atoms with E-state index in [1.807, 2.05) is 0 Å². The summed E-state index contributed by atoms with van der Waals surface area (Å²) in [6.45, 7) is -0.587. The smallest absolute Gasteiger partial charge is 0.408 e. The van der Waals surface area contributed by atoms with Crippen LogP contribution in [0.4, 0.5) is 4.79 Å². The lowest BCUT2D eigenvalue weighted by molar-refractivity contribution is -0.158. The maximum absolute atomic E-state index is 11.1. The molecule has 0 radical (unpaired) electrons. The third-order valence-corrected chi connectivity index (χ3v) is 2.33. The van der Waals surface area contributed by atoms with E-state index in [9.17, 15) is 19.2 Å². The first-order valence-corrected chi connectivity index (χ1v) is 4.31. The summed E-state index contributed by atoms with van der Waals surface area (Å²) in [5.74, 6) is -5.20. The minimum absolute atomic E-state index is 0.340. The highest BCUT2D eigenvalue weighted by molar-refractivity contribution is 5.95. The fourth-order valence-corrected chi connectivity index (χ4v) is 1.64. The fourth-order valence-electron chi connectivity index (χ4n) is 1.64. The predicted octanol–water partition coefficient (Wildman–Crippen LogP) is -0.907. The molecule has 1 aliphatic rings. The lowest BCUT2D eigenvalue weighted by atomic mass is 9.89. The Morgan fingerprint density at radius 2 is 1.69 bits per heavy atom. The van der Waals surface area contributed by atoms with Crippen LogP contribution in [0, 0.1) is 5.92 Å². The lowest BCUT2D eigenvalue weighted by Gasteiger charge is -2.33. The molecule has 8 nitrogen and oxygen atoms in total. The first-order chi connectivity index (χ1) is 7.34. The monoisotopic (exact) mass is 231 g/mol. The standard InChI is InChI=1S/C8H9NO7/c10-3-1-4(6(11)12)5(7(13)14)9(2-3)8(15)16/h4-5H,1-2H2,(H,11,12)(H,13,14)(H,15,16)/t4-,5-/m0/s1. The number of carbonyl (C=O) groups excluding carboxylic acids is 1. The van der Waals surface area contributed by atoms with Crippen LogP contribution < -0.4 is 0 Å². The molecule has 1 heterocycles.